The maximum atomic E-state index is 13.1. The Labute approximate surface area is 99.3 Å². The van der Waals surface area contributed by atoms with Gasteiger partial charge in [-0.05, 0) is 26.2 Å². The van der Waals surface area contributed by atoms with Crippen LogP contribution in [0.15, 0.2) is 0 Å². The lowest BCUT2D eigenvalue weighted by Crippen LogP contribution is -2.27. The molecule has 0 N–H and O–H groups in total. The zero-order valence-electron chi connectivity index (χ0n) is 10.1. The largest absolute Gasteiger partial charge is 0.508 e. The number of hydrogen-bond donors (Lipinski definition) is 0. The Balaban J connectivity index is 3.64. The molecule has 0 aliphatic heterocycles. The standard InChI is InChI=1S/C11H19F3O3/c1-3-8(12)10(14)9(13)6-5-7-17-11(15)16-4-2/h8-10H,3-7H2,1-2H3. The molecule has 0 aromatic rings. The molecule has 0 aromatic heterocycles. The molecule has 3 nitrogen and oxygen atoms in total. The Morgan fingerprint density at radius 3 is 2.29 bits per heavy atom. The minimum Gasteiger partial charge on any atom is -0.435 e. The predicted octanol–water partition coefficient (Wildman–Crippen LogP) is 3.36. The summed E-state index contributed by atoms with van der Waals surface area (Å²) in [5, 5.41) is 0. The molecule has 0 rings (SSSR count). The number of carbonyl (C=O) groups is 1. The van der Waals surface area contributed by atoms with E-state index < -0.39 is 24.7 Å². The molecule has 3 unspecified atom stereocenters. The molecule has 3 atom stereocenters. The fourth-order valence-corrected chi connectivity index (χ4v) is 1.20. The first-order chi connectivity index (χ1) is 8.02. The summed E-state index contributed by atoms with van der Waals surface area (Å²) in [6.07, 6.45) is -6.69. The summed E-state index contributed by atoms with van der Waals surface area (Å²) >= 11 is 0. The zero-order chi connectivity index (χ0) is 13.3. The van der Waals surface area contributed by atoms with E-state index in [-0.39, 0.29) is 32.5 Å². The second kappa shape index (κ2) is 9.13. The van der Waals surface area contributed by atoms with Gasteiger partial charge in [-0.25, -0.2) is 18.0 Å². The second-order valence-electron chi connectivity index (χ2n) is 3.56. The summed E-state index contributed by atoms with van der Waals surface area (Å²) < 4.78 is 47.9. The molecule has 6 heteroatoms. The van der Waals surface area contributed by atoms with Gasteiger partial charge in [0.25, 0.3) is 0 Å². The van der Waals surface area contributed by atoms with Gasteiger partial charge in [0.1, 0.15) is 12.3 Å². The first-order valence-electron chi connectivity index (χ1n) is 5.74. The van der Waals surface area contributed by atoms with Crippen molar-refractivity contribution in [2.75, 3.05) is 13.2 Å². The van der Waals surface area contributed by atoms with Gasteiger partial charge in [0, 0.05) is 0 Å². The van der Waals surface area contributed by atoms with Crippen LogP contribution in [-0.4, -0.2) is 37.9 Å². The Morgan fingerprint density at radius 2 is 1.76 bits per heavy atom. The predicted molar refractivity (Wildman–Crippen MR) is 57.2 cm³/mol. The normalized spacial score (nSPS) is 16.1. The van der Waals surface area contributed by atoms with E-state index in [9.17, 15) is 18.0 Å². The number of alkyl halides is 3. The second-order valence-corrected chi connectivity index (χ2v) is 3.56. The first kappa shape index (κ1) is 16.1. The third-order valence-corrected chi connectivity index (χ3v) is 2.19. The molecule has 0 aliphatic rings. The third-order valence-electron chi connectivity index (χ3n) is 2.19. The fourth-order valence-electron chi connectivity index (χ4n) is 1.20. The molecule has 0 saturated heterocycles. The molecule has 0 bridgehead atoms. The molecular weight excluding hydrogens is 237 g/mol. The number of hydrogen-bond acceptors (Lipinski definition) is 3. The molecule has 102 valence electrons. The molecule has 0 saturated carbocycles. The van der Waals surface area contributed by atoms with E-state index >= 15 is 0 Å². The van der Waals surface area contributed by atoms with Crippen LogP contribution in [0.4, 0.5) is 18.0 Å². The van der Waals surface area contributed by atoms with Gasteiger partial charge in [-0.1, -0.05) is 6.92 Å². The minimum absolute atomic E-state index is 0.0547. The van der Waals surface area contributed by atoms with Crippen molar-refractivity contribution in [3.63, 3.8) is 0 Å². The summed E-state index contributed by atoms with van der Waals surface area (Å²) in [6, 6.07) is 0. The van der Waals surface area contributed by atoms with Crippen molar-refractivity contribution in [1.29, 1.82) is 0 Å². The van der Waals surface area contributed by atoms with Gasteiger partial charge in [-0.15, -0.1) is 0 Å². The van der Waals surface area contributed by atoms with Crippen LogP contribution in [0, 0.1) is 0 Å². The third kappa shape index (κ3) is 7.07. The lowest BCUT2D eigenvalue weighted by Gasteiger charge is -2.16. The summed E-state index contributed by atoms with van der Waals surface area (Å²) in [6.45, 7) is 3.21. The van der Waals surface area contributed by atoms with E-state index in [0.717, 1.165) is 0 Å². The topological polar surface area (TPSA) is 35.5 Å². The van der Waals surface area contributed by atoms with E-state index in [2.05, 4.69) is 9.47 Å². The van der Waals surface area contributed by atoms with Crippen LogP contribution >= 0.6 is 0 Å². The van der Waals surface area contributed by atoms with Crippen LogP contribution in [0.25, 0.3) is 0 Å². The lowest BCUT2D eigenvalue weighted by molar-refractivity contribution is 0.0477. The molecule has 0 aromatic carbocycles. The smallest absolute Gasteiger partial charge is 0.435 e. The Morgan fingerprint density at radius 1 is 1.12 bits per heavy atom. The molecule has 0 radical (unpaired) electrons. The molecule has 0 heterocycles. The average Bonchev–Trinajstić information content (AvgIpc) is 2.32. The van der Waals surface area contributed by atoms with Crippen LogP contribution < -0.4 is 0 Å². The van der Waals surface area contributed by atoms with Gasteiger partial charge in [-0.3, -0.25) is 0 Å². The maximum Gasteiger partial charge on any atom is 0.508 e. The average molecular weight is 256 g/mol. The van der Waals surface area contributed by atoms with Crippen LogP contribution in [0.5, 0.6) is 0 Å². The zero-order valence-corrected chi connectivity index (χ0v) is 10.1. The highest BCUT2D eigenvalue weighted by atomic mass is 19.2. The molecule has 0 amide bonds. The Bertz CT molecular complexity index is 214. The van der Waals surface area contributed by atoms with Crippen LogP contribution in [0.1, 0.15) is 33.1 Å². The summed E-state index contributed by atoms with van der Waals surface area (Å²) in [5.74, 6) is 0. The number of rotatable bonds is 8. The van der Waals surface area contributed by atoms with Crippen LogP contribution in [0.3, 0.4) is 0 Å². The van der Waals surface area contributed by atoms with E-state index in [0.29, 0.717) is 0 Å². The quantitative estimate of drug-likeness (QED) is 0.493. The Hall–Kier alpha value is -0.940. The summed E-state index contributed by atoms with van der Waals surface area (Å²) in [5.41, 5.74) is 0. The highest BCUT2D eigenvalue weighted by molar-refractivity contribution is 5.59. The van der Waals surface area contributed by atoms with Crippen LogP contribution in [0.2, 0.25) is 0 Å². The first-order valence-corrected chi connectivity index (χ1v) is 5.74. The van der Waals surface area contributed by atoms with Crippen molar-refractivity contribution in [2.45, 2.75) is 51.6 Å². The van der Waals surface area contributed by atoms with Crippen LogP contribution in [-0.2, 0) is 9.47 Å². The molecular formula is C11H19F3O3. The van der Waals surface area contributed by atoms with Gasteiger partial charge >= 0.3 is 6.16 Å². The monoisotopic (exact) mass is 256 g/mol. The highest BCUT2D eigenvalue weighted by Gasteiger charge is 2.28. The van der Waals surface area contributed by atoms with Gasteiger partial charge < -0.3 is 9.47 Å². The van der Waals surface area contributed by atoms with E-state index in [1.54, 1.807) is 6.92 Å². The van der Waals surface area contributed by atoms with Crippen molar-refractivity contribution in [2.24, 2.45) is 0 Å². The fraction of sp³-hybridized carbons (Fsp3) is 0.909. The molecule has 0 fully saturated rings. The molecule has 0 spiro atoms. The van der Waals surface area contributed by atoms with Gasteiger partial charge in [0.05, 0.1) is 13.2 Å². The number of carbonyl (C=O) groups excluding carboxylic acids is 1. The van der Waals surface area contributed by atoms with Gasteiger partial charge in [0.15, 0.2) is 6.17 Å². The van der Waals surface area contributed by atoms with Gasteiger partial charge in [-0.2, -0.15) is 0 Å². The molecule has 0 aliphatic carbocycles. The summed E-state index contributed by atoms with van der Waals surface area (Å²) in [4.78, 5) is 10.7. The Kier molecular flexibility index (Phi) is 8.62. The van der Waals surface area contributed by atoms with Crippen molar-refractivity contribution < 1.29 is 27.4 Å². The van der Waals surface area contributed by atoms with Gasteiger partial charge in [0.2, 0.25) is 0 Å². The number of halogens is 3. The van der Waals surface area contributed by atoms with Crippen molar-refractivity contribution in [3.05, 3.63) is 0 Å². The van der Waals surface area contributed by atoms with E-state index in [1.807, 2.05) is 0 Å². The van der Waals surface area contributed by atoms with E-state index in [1.165, 1.54) is 6.92 Å². The van der Waals surface area contributed by atoms with Crippen molar-refractivity contribution >= 4 is 6.16 Å². The van der Waals surface area contributed by atoms with Crippen molar-refractivity contribution in [3.8, 4) is 0 Å². The number of ether oxygens (including phenoxy) is 2. The van der Waals surface area contributed by atoms with Crippen molar-refractivity contribution in [1.82, 2.24) is 0 Å². The SMILES string of the molecule is CCOC(=O)OCCCC(F)C(F)C(F)CC. The minimum atomic E-state index is -2.11. The van der Waals surface area contributed by atoms with E-state index in [4.69, 9.17) is 0 Å². The maximum absolute atomic E-state index is 13.1. The molecule has 17 heavy (non-hydrogen) atoms. The summed E-state index contributed by atoms with van der Waals surface area (Å²) in [7, 11) is 0. The highest BCUT2D eigenvalue weighted by Crippen LogP contribution is 2.18. The lowest BCUT2D eigenvalue weighted by atomic mass is 10.1.